The predicted octanol–water partition coefficient (Wildman–Crippen LogP) is 3.45. The Kier molecular flexibility index (Phi) is 6.98. The van der Waals surface area contributed by atoms with Gasteiger partial charge in [0, 0.05) is 0 Å². The van der Waals surface area contributed by atoms with Crippen LogP contribution in [0.15, 0.2) is 0 Å². The van der Waals surface area contributed by atoms with Gasteiger partial charge < -0.3 is 25.5 Å². The van der Waals surface area contributed by atoms with Crippen LogP contribution in [0.1, 0.15) is 85.5 Å². The van der Waals surface area contributed by atoms with E-state index in [1.54, 1.807) is 6.92 Å². The number of hydrogen-bond acceptors (Lipinski definition) is 5. The smallest absolute Gasteiger partial charge is 0.308 e. The first-order valence-corrected chi connectivity index (χ1v) is 13.4. The Hall–Kier alpha value is -0.690. The molecule has 0 amide bonds. The number of aliphatic carboxylic acids is 1. The lowest BCUT2D eigenvalue weighted by Gasteiger charge is -2.63. The molecule has 6 heteroatoms. The first kappa shape index (κ1) is 25.4. The highest BCUT2D eigenvalue weighted by atomic mass is 16.4. The Labute approximate surface area is 198 Å². The van der Waals surface area contributed by atoms with Crippen LogP contribution >= 0.6 is 0 Å². The summed E-state index contributed by atoms with van der Waals surface area (Å²) in [5.74, 6) is -0.0734. The lowest BCUT2D eigenvalue weighted by atomic mass is 9.43. The third kappa shape index (κ3) is 4.07. The van der Waals surface area contributed by atoms with Crippen LogP contribution in [0, 0.1) is 52.3 Å². The number of carbonyl (C=O) groups is 1. The molecule has 4 fully saturated rings. The van der Waals surface area contributed by atoms with Gasteiger partial charge in [-0.15, -0.1) is 0 Å². The van der Waals surface area contributed by atoms with Crippen molar-refractivity contribution in [1.29, 1.82) is 0 Å². The molecule has 13 atom stereocenters. The first-order chi connectivity index (χ1) is 15.4. The summed E-state index contributed by atoms with van der Waals surface area (Å²) in [4.78, 5) is 11.2. The monoisotopic (exact) mass is 466 g/mol. The Morgan fingerprint density at radius 1 is 0.970 bits per heavy atom. The molecule has 33 heavy (non-hydrogen) atoms. The summed E-state index contributed by atoms with van der Waals surface area (Å²) in [7, 11) is 0. The molecular weight excluding hydrogens is 420 g/mol. The van der Waals surface area contributed by atoms with Gasteiger partial charge in [-0.25, -0.2) is 0 Å². The van der Waals surface area contributed by atoms with Crippen molar-refractivity contribution < 1.29 is 30.3 Å². The Bertz CT molecular complexity index is 727. The average molecular weight is 467 g/mol. The Morgan fingerprint density at radius 3 is 2.33 bits per heavy atom. The maximum atomic E-state index is 11.6. The van der Waals surface area contributed by atoms with Crippen molar-refractivity contribution in [2.45, 2.75) is 110 Å². The van der Waals surface area contributed by atoms with Crippen LogP contribution in [0.5, 0.6) is 0 Å². The van der Waals surface area contributed by atoms with Gasteiger partial charge in [0.15, 0.2) is 0 Å². The van der Waals surface area contributed by atoms with Crippen LogP contribution in [0.3, 0.4) is 0 Å². The molecule has 0 spiro atoms. The summed E-state index contributed by atoms with van der Waals surface area (Å²) in [6.07, 6.45) is 5.36. The number of carboxylic acid groups (broad SMARTS) is 1. The molecule has 0 bridgehead atoms. The minimum atomic E-state index is -0.967. The maximum Gasteiger partial charge on any atom is 0.308 e. The number of rotatable bonds is 6. The fourth-order valence-electron chi connectivity index (χ4n) is 9.18. The zero-order valence-electron chi connectivity index (χ0n) is 20.9. The SMILES string of the molecule is CC(C(=O)O)C(O)CC[C@@H](C)[C@H]1CC[C@H]2[C@@H]3[C@H](O)C[C@H]4C[C@H](O)CC[C@]4(C)[C@H]3C[C@H](O)[C@]12C. The highest BCUT2D eigenvalue weighted by Gasteiger charge is 2.65. The third-order valence-electron chi connectivity index (χ3n) is 11.4. The minimum Gasteiger partial charge on any atom is -0.481 e. The van der Waals surface area contributed by atoms with Crippen molar-refractivity contribution in [3.05, 3.63) is 0 Å². The number of aliphatic hydroxyl groups is 4. The summed E-state index contributed by atoms with van der Waals surface area (Å²) in [5.41, 5.74) is -0.186. The van der Waals surface area contributed by atoms with E-state index in [2.05, 4.69) is 20.8 Å². The first-order valence-electron chi connectivity index (χ1n) is 13.4. The van der Waals surface area contributed by atoms with Gasteiger partial charge in [-0.2, -0.15) is 0 Å². The van der Waals surface area contributed by atoms with Crippen molar-refractivity contribution in [3.63, 3.8) is 0 Å². The van der Waals surface area contributed by atoms with Gasteiger partial charge in [0.2, 0.25) is 0 Å². The zero-order valence-corrected chi connectivity index (χ0v) is 20.9. The fourth-order valence-corrected chi connectivity index (χ4v) is 9.18. The van der Waals surface area contributed by atoms with Crippen LogP contribution in [-0.2, 0) is 4.79 Å². The molecule has 0 aromatic heterocycles. The lowest BCUT2D eigenvalue weighted by molar-refractivity contribution is -0.207. The van der Waals surface area contributed by atoms with Crippen molar-refractivity contribution in [2.75, 3.05) is 0 Å². The molecule has 5 N–H and O–H groups in total. The molecule has 6 nitrogen and oxygen atoms in total. The second kappa shape index (κ2) is 9.07. The van der Waals surface area contributed by atoms with Crippen LogP contribution < -0.4 is 0 Å². The highest BCUT2D eigenvalue weighted by molar-refractivity contribution is 5.70. The number of carboxylic acids is 1. The number of fused-ring (bicyclic) bond motifs is 5. The summed E-state index contributed by atoms with van der Waals surface area (Å²) in [6, 6.07) is 0. The molecule has 2 unspecified atom stereocenters. The molecular formula is C27H46O6. The molecule has 4 rings (SSSR count). The molecule has 0 aliphatic heterocycles. The largest absolute Gasteiger partial charge is 0.481 e. The van der Waals surface area contributed by atoms with Crippen molar-refractivity contribution in [1.82, 2.24) is 0 Å². The second-order valence-electron chi connectivity index (χ2n) is 12.8. The van der Waals surface area contributed by atoms with Gasteiger partial charge in [-0.05, 0) is 111 Å². The lowest BCUT2D eigenvalue weighted by Crippen LogP contribution is -2.62. The normalized spacial score (nSPS) is 49.9. The van der Waals surface area contributed by atoms with Gasteiger partial charge in [0.05, 0.1) is 30.3 Å². The zero-order chi connectivity index (χ0) is 24.3. The van der Waals surface area contributed by atoms with E-state index in [1.807, 2.05) is 0 Å². The van der Waals surface area contributed by atoms with Gasteiger partial charge in [-0.1, -0.05) is 20.8 Å². The Balaban J connectivity index is 1.52. The molecule has 0 saturated heterocycles. The summed E-state index contributed by atoms with van der Waals surface area (Å²) < 4.78 is 0. The van der Waals surface area contributed by atoms with Gasteiger partial charge in [0.1, 0.15) is 0 Å². The van der Waals surface area contributed by atoms with Crippen LogP contribution in [0.25, 0.3) is 0 Å². The van der Waals surface area contributed by atoms with Crippen LogP contribution in [0.4, 0.5) is 0 Å². The molecule has 0 heterocycles. The molecule has 0 aromatic rings. The van der Waals surface area contributed by atoms with E-state index in [0.29, 0.717) is 24.2 Å². The molecule has 4 saturated carbocycles. The van der Waals surface area contributed by atoms with Crippen molar-refractivity contribution >= 4 is 5.97 Å². The quantitative estimate of drug-likeness (QED) is 0.409. The van der Waals surface area contributed by atoms with Gasteiger partial charge >= 0.3 is 5.97 Å². The van der Waals surface area contributed by atoms with E-state index in [9.17, 15) is 30.3 Å². The fraction of sp³-hybridized carbons (Fsp3) is 0.963. The highest BCUT2D eigenvalue weighted by Crippen LogP contribution is 2.68. The average Bonchev–Trinajstić information content (AvgIpc) is 3.11. The van der Waals surface area contributed by atoms with E-state index < -0.39 is 24.1 Å². The van der Waals surface area contributed by atoms with Crippen LogP contribution in [-0.4, -0.2) is 55.9 Å². The van der Waals surface area contributed by atoms with Crippen molar-refractivity contribution in [3.8, 4) is 0 Å². The summed E-state index contributed by atoms with van der Waals surface area (Å²) in [6.45, 7) is 8.32. The third-order valence-corrected chi connectivity index (χ3v) is 11.4. The second-order valence-corrected chi connectivity index (χ2v) is 12.8. The van der Waals surface area contributed by atoms with E-state index in [-0.39, 0.29) is 40.8 Å². The standard InChI is InChI=1S/C27H46O6/c1-14(5-8-21(29)15(2)25(32)33)18-6-7-19-24-20(13-23(31)27(18,19)4)26(3)10-9-17(28)11-16(26)12-22(24)30/h14-24,28-31H,5-13H2,1-4H3,(H,32,33)/t14-,15?,16-,17-,18-,19+,20+,21?,22-,23+,24+,26+,27-/m1/s1. The van der Waals surface area contributed by atoms with Gasteiger partial charge in [-0.3, -0.25) is 4.79 Å². The molecule has 4 aliphatic carbocycles. The molecule has 190 valence electrons. The minimum absolute atomic E-state index is 0.0756. The molecule has 0 aromatic carbocycles. The Morgan fingerprint density at radius 2 is 1.67 bits per heavy atom. The topological polar surface area (TPSA) is 118 Å². The maximum absolute atomic E-state index is 11.6. The number of hydrogen-bond donors (Lipinski definition) is 5. The van der Waals surface area contributed by atoms with E-state index >= 15 is 0 Å². The van der Waals surface area contributed by atoms with E-state index in [1.165, 1.54) is 0 Å². The van der Waals surface area contributed by atoms with E-state index in [4.69, 9.17) is 0 Å². The number of aliphatic hydroxyl groups excluding tert-OH is 4. The van der Waals surface area contributed by atoms with E-state index in [0.717, 1.165) is 51.4 Å². The molecule has 0 radical (unpaired) electrons. The van der Waals surface area contributed by atoms with Gasteiger partial charge in [0.25, 0.3) is 0 Å². The molecule has 4 aliphatic rings. The summed E-state index contributed by atoms with van der Waals surface area (Å²) >= 11 is 0. The summed E-state index contributed by atoms with van der Waals surface area (Å²) in [5, 5.41) is 52.7. The van der Waals surface area contributed by atoms with Crippen LogP contribution in [0.2, 0.25) is 0 Å². The van der Waals surface area contributed by atoms with Crippen molar-refractivity contribution in [2.24, 2.45) is 52.3 Å². The predicted molar refractivity (Wildman–Crippen MR) is 125 cm³/mol.